The highest BCUT2D eigenvalue weighted by atomic mass is 16.7. The molecule has 1 aromatic rings. The van der Waals surface area contributed by atoms with E-state index in [1.54, 1.807) is 0 Å². The van der Waals surface area contributed by atoms with Gasteiger partial charge in [0.1, 0.15) is 17.2 Å². The Balaban J connectivity index is 1.51. The molecule has 0 radical (unpaired) electrons. The van der Waals surface area contributed by atoms with Gasteiger partial charge in [0.2, 0.25) is 0 Å². The predicted octanol–water partition coefficient (Wildman–Crippen LogP) is 2.33. The fourth-order valence-electron chi connectivity index (χ4n) is 3.24. The normalized spacial score (nSPS) is 23.8. The van der Waals surface area contributed by atoms with Crippen molar-refractivity contribution in [3.8, 4) is 0 Å². The minimum Gasteiger partial charge on any atom is -0.465 e. The molecule has 1 saturated heterocycles. The highest BCUT2D eigenvalue weighted by Gasteiger charge is 2.46. The number of aryl methyl sites for hydroxylation is 1. The van der Waals surface area contributed by atoms with Crippen LogP contribution in [0, 0.1) is 5.92 Å². The van der Waals surface area contributed by atoms with Gasteiger partial charge in [-0.05, 0) is 18.1 Å². The summed E-state index contributed by atoms with van der Waals surface area (Å²) in [5.74, 6) is 2.33. The Bertz CT molecular complexity index is 623. The zero-order valence-electron chi connectivity index (χ0n) is 14.8. The number of likely N-dealkylation sites (tertiary alicyclic amines) is 1. The number of furan rings is 1. The number of hydrogen-bond donors (Lipinski definition) is 1. The zero-order valence-corrected chi connectivity index (χ0v) is 14.8. The molecule has 3 rings (SSSR count). The molecule has 0 saturated carbocycles. The number of amides is 1. The maximum Gasteiger partial charge on any atom is 0.269 e. The van der Waals surface area contributed by atoms with Gasteiger partial charge in [-0.3, -0.25) is 9.69 Å². The van der Waals surface area contributed by atoms with Crippen molar-refractivity contribution in [2.75, 3.05) is 19.6 Å². The topological polar surface area (TPSA) is 67.1 Å². The summed E-state index contributed by atoms with van der Waals surface area (Å²) in [6.45, 7) is 9.38. The molecule has 24 heavy (non-hydrogen) atoms. The van der Waals surface area contributed by atoms with E-state index in [1.165, 1.54) is 0 Å². The highest BCUT2D eigenvalue weighted by Crippen LogP contribution is 2.34. The molecule has 0 bridgehead atoms. The number of hydrogen-bond acceptors (Lipinski definition) is 5. The fourth-order valence-corrected chi connectivity index (χ4v) is 3.24. The molecule has 1 spiro atoms. The van der Waals surface area contributed by atoms with E-state index in [-0.39, 0.29) is 11.5 Å². The summed E-state index contributed by atoms with van der Waals surface area (Å²) in [4.78, 5) is 20.1. The van der Waals surface area contributed by atoms with Crippen molar-refractivity contribution >= 4 is 11.6 Å². The van der Waals surface area contributed by atoms with Crippen LogP contribution in [-0.4, -0.2) is 41.8 Å². The molecule has 6 heteroatoms. The van der Waals surface area contributed by atoms with Crippen LogP contribution < -0.4 is 5.32 Å². The van der Waals surface area contributed by atoms with Gasteiger partial charge in [-0.25, -0.2) is 0 Å². The first kappa shape index (κ1) is 17.0. The van der Waals surface area contributed by atoms with Crippen LogP contribution >= 0.6 is 0 Å². The highest BCUT2D eigenvalue weighted by molar-refractivity contribution is 6.39. The van der Waals surface area contributed by atoms with E-state index in [1.807, 2.05) is 12.1 Å². The molecule has 1 amide bonds. The van der Waals surface area contributed by atoms with Crippen molar-refractivity contribution in [1.29, 1.82) is 0 Å². The third-order valence-electron chi connectivity index (χ3n) is 4.61. The smallest absolute Gasteiger partial charge is 0.269 e. The maximum atomic E-state index is 12.1. The average molecular weight is 333 g/mol. The number of nitrogens with zero attached hydrogens (tertiary/aromatic N) is 2. The van der Waals surface area contributed by atoms with Gasteiger partial charge in [0.05, 0.1) is 6.54 Å². The standard InChI is InChI=1S/C18H27N3O3/c1-4-14-5-6-15(23-14)11-21-8-7-18(12-21)9-16(20-24-18)17(22)19-10-13(2)3/h5-6,13H,4,7-12H2,1-3H3,(H,19,22)/t18-/m0/s1. The molecule has 6 nitrogen and oxygen atoms in total. The number of oxime groups is 1. The number of carbonyl (C=O) groups is 1. The third-order valence-corrected chi connectivity index (χ3v) is 4.61. The van der Waals surface area contributed by atoms with Crippen molar-refractivity contribution in [2.45, 2.75) is 52.2 Å². The van der Waals surface area contributed by atoms with E-state index in [2.05, 4.69) is 36.1 Å². The van der Waals surface area contributed by atoms with Gasteiger partial charge in [-0.2, -0.15) is 0 Å². The molecule has 2 aliphatic rings. The lowest BCUT2D eigenvalue weighted by atomic mass is 9.96. The van der Waals surface area contributed by atoms with Crippen LogP contribution in [-0.2, 0) is 22.6 Å². The maximum absolute atomic E-state index is 12.1. The predicted molar refractivity (Wildman–Crippen MR) is 91.7 cm³/mol. The summed E-state index contributed by atoms with van der Waals surface area (Å²) in [5, 5.41) is 6.97. The van der Waals surface area contributed by atoms with Crippen molar-refractivity contribution in [1.82, 2.24) is 10.2 Å². The first-order valence-electron chi connectivity index (χ1n) is 8.83. The van der Waals surface area contributed by atoms with Crippen molar-refractivity contribution in [3.63, 3.8) is 0 Å². The summed E-state index contributed by atoms with van der Waals surface area (Å²) in [6, 6.07) is 4.08. The molecule has 1 aromatic heterocycles. The van der Waals surface area contributed by atoms with Crippen molar-refractivity contribution in [2.24, 2.45) is 11.1 Å². The Labute approximate surface area is 143 Å². The Kier molecular flexibility index (Phi) is 4.94. The fraction of sp³-hybridized carbons (Fsp3) is 0.667. The lowest BCUT2D eigenvalue weighted by molar-refractivity contribution is -0.115. The molecular formula is C18H27N3O3. The van der Waals surface area contributed by atoms with E-state index in [0.717, 1.165) is 44.0 Å². The van der Waals surface area contributed by atoms with Gasteiger partial charge >= 0.3 is 0 Å². The minimum atomic E-state index is -0.343. The van der Waals surface area contributed by atoms with E-state index in [4.69, 9.17) is 9.25 Å². The summed E-state index contributed by atoms with van der Waals surface area (Å²) in [5.41, 5.74) is 0.175. The largest absolute Gasteiger partial charge is 0.465 e. The Morgan fingerprint density at radius 3 is 2.92 bits per heavy atom. The van der Waals surface area contributed by atoms with Gasteiger partial charge < -0.3 is 14.6 Å². The summed E-state index contributed by atoms with van der Waals surface area (Å²) < 4.78 is 5.78. The molecule has 1 N–H and O–H groups in total. The Morgan fingerprint density at radius 2 is 2.21 bits per heavy atom. The molecular weight excluding hydrogens is 306 g/mol. The molecule has 0 aliphatic carbocycles. The monoisotopic (exact) mass is 333 g/mol. The van der Waals surface area contributed by atoms with Crippen LogP contribution in [0.25, 0.3) is 0 Å². The van der Waals surface area contributed by atoms with E-state index in [9.17, 15) is 4.79 Å². The molecule has 2 aliphatic heterocycles. The number of rotatable bonds is 6. The molecule has 1 atom stereocenters. The van der Waals surface area contributed by atoms with E-state index < -0.39 is 0 Å². The quantitative estimate of drug-likeness (QED) is 0.868. The Hall–Kier alpha value is -1.82. The van der Waals surface area contributed by atoms with Crippen LogP contribution in [0.15, 0.2) is 21.7 Å². The van der Waals surface area contributed by atoms with Crippen LogP contribution in [0.5, 0.6) is 0 Å². The first-order chi connectivity index (χ1) is 11.5. The van der Waals surface area contributed by atoms with Crippen LogP contribution in [0.4, 0.5) is 0 Å². The number of nitrogens with one attached hydrogen (secondary N) is 1. The summed E-state index contributed by atoms with van der Waals surface area (Å²) >= 11 is 0. The van der Waals surface area contributed by atoms with Gasteiger partial charge in [-0.1, -0.05) is 25.9 Å². The summed E-state index contributed by atoms with van der Waals surface area (Å²) in [7, 11) is 0. The van der Waals surface area contributed by atoms with Gasteiger partial charge in [0, 0.05) is 38.9 Å². The molecule has 0 unspecified atom stereocenters. The van der Waals surface area contributed by atoms with Gasteiger partial charge in [0.25, 0.3) is 5.91 Å². The van der Waals surface area contributed by atoms with Crippen molar-refractivity contribution < 1.29 is 14.0 Å². The minimum absolute atomic E-state index is 0.0994. The first-order valence-corrected chi connectivity index (χ1v) is 8.83. The molecule has 3 heterocycles. The second-order valence-electron chi connectivity index (χ2n) is 7.28. The zero-order chi connectivity index (χ0) is 17.2. The van der Waals surface area contributed by atoms with Crippen LogP contribution in [0.3, 0.4) is 0 Å². The van der Waals surface area contributed by atoms with E-state index >= 15 is 0 Å². The van der Waals surface area contributed by atoms with Gasteiger partial charge in [0.15, 0.2) is 5.60 Å². The molecule has 0 aromatic carbocycles. The van der Waals surface area contributed by atoms with Crippen molar-refractivity contribution in [3.05, 3.63) is 23.7 Å². The molecule has 1 fully saturated rings. The Morgan fingerprint density at radius 1 is 1.42 bits per heavy atom. The van der Waals surface area contributed by atoms with E-state index in [0.29, 0.717) is 24.6 Å². The molecule has 132 valence electrons. The average Bonchev–Trinajstić information content (AvgIpc) is 3.27. The lowest BCUT2D eigenvalue weighted by Gasteiger charge is -2.21. The summed E-state index contributed by atoms with van der Waals surface area (Å²) in [6.07, 6.45) is 2.39. The number of carbonyl (C=O) groups excluding carboxylic acids is 1. The lowest BCUT2D eigenvalue weighted by Crippen LogP contribution is -2.37. The third kappa shape index (κ3) is 3.80. The SMILES string of the molecule is CCc1ccc(CN2CC[C@]3(CC(C(=O)NCC(C)C)=NO3)C2)o1. The second-order valence-corrected chi connectivity index (χ2v) is 7.28. The van der Waals surface area contributed by atoms with Crippen LogP contribution in [0.1, 0.15) is 45.1 Å². The van der Waals surface area contributed by atoms with Crippen LogP contribution in [0.2, 0.25) is 0 Å². The van der Waals surface area contributed by atoms with Gasteiger partial charge in [-0.15, -0.1) is 0 Å². The second kappa shape index (κ2) is 6.97.